The lowest BCUT2D eigenvalue weighted by molar-refractivity contribution is 0.397. The molecule has 0 aromatic carbocycles. The number of ether oxygens (including phenoxy) is 1. The van der Waals surface area contributed by atoms with Gasteiger partial charge in [0.1, 0.15) is 0 Å². The highest BCUT2D eigenvalue weighted by atomic mass is 32.1. The number of methoxy groups -OCH3 is 1. The van der Waals surface area contributed by atoms with E-state index in [0.717, 1.165) is 22.3 Å². The van der Waals surface area contributed by atoms with E-state index < -0.39 is 0 Å². The van der Waals surface area contributed by atoms with E-state index in [1.807, 2.05) is 35.9 Å². The summed E-state index contributed by atoms with van der Waals surface area (Å²) in [5.41, 5.74) is 3.98. The van der Waals surface area contributed by atoms with E-state index in [2.05, 4.69) is 15.0 Å². The van der Waals surface area contributed by atoms with Gasteiger partial charge in [-0.25, -0.2) is 9.97 Å². The highest BCUT2D eigenvalue weighted by molar-refractivity contribution is 7.71. The highest BCUT2D eigenvalue weighted by Crippen LogP contribution is 2.16. The second kappa shape index (κ2) is 5.05. The fourth-order valence-corrected chi connectivity index (χ4v) is 2.40. The predicted octanol–water partition coefficient (Wildman–Crippen LogP) is 2.85. The number of fused-ring (bicyclic) bond motifs is 1. The van der Waals surface area contributed by atoms with Gasteiger partial charge in [-0.2, -0.15) is 0 Å². The lowest BCUT2D eigenvalue weighted by Crippen LogP contribution is -2.01. The molecule has 3 aromatic rings. The Balaban J connectivity index is 2.06. The van der Waals surface area contributed by atoms with Crippen molar-refractivity contribution in [3.05, 3.63) is 46.5 Å². The first-order chi connectivity index (χ1) is 9.67. The minimum Gasteiger partial charge on any atom is -0.481 e. The number of imidazole rings is 1. The molecule has 1 N–H and O–H groups in total. The number of aromatic nitrogens is 4. The van der Waals surface area contributed by atoms with Crippen molar-refractivity contribution in [3.63, 3.8) is 0 Å². The number of nitrogens with one attached hydrogen (secondary N) is 1. The monoisotopic (exact) mass is 286 g/mol. The lowest BCUT2D eigenvalue weighted by atomic mass is 10.2. The Hall–Kier alpha value is -2.21. The van der Waals surface area contributed by atoms with Crippen LogP contribution in [0.4, 0.5) is 0 Å². The zero-order chi connectivity index (χ0) is 14.1. The Morgan fingerprint density at radius 2 is 2.20 bits per heavy atom. The number of rotatable bonds is 3. The molecule has 0 fully saturated rings. The number of pyridine rings is 2. The second-order valence-electron chi connectivity index (χ2n) is 4.61. The van der Waals surface area contributed by atoms with Crippen molar-refractivity contribution < 1.29 is 4.74 Å². The van der Waals surface area contributed by atoms with E-state index in [4.69, 9.17) is 17.0 Å². The number of hydrogen-bond donors (Lipinski definition) is 1. The molecule has 0 aliphatic rings. The first kappa shape index (κ1) is 12.8. The zero-order valence-corrected chi connectivity index (χ0v) is 12.1. The van der Waals surface area contributed by atoms with E-state index in [9.17, 15) is 0 Å². The van der Waals surface area contributed by atoms with Gasteiger partial charge in [-0.1, -0.05) is 0 Å². The van der Waals surface area contributed by atoms with Crippen LogP contribution in [0.5, 0.6) is 5.88 Å². The van der Waals surface area contributed by atoms with Crippen LogP contribution >= 0.6 is 12.2 Å². The van der Waals surface area contributed by atoms with E-state index in [1.54, 1.807) is 13.3 Å². The van der Waals surface area contributed by atoms with Crippen LogP contribution in [-0.4, -0.2) is 26.6 Å². The molecule has 0 bridgehead atoms. The standard InChI is InChI=1S/C14H14N4OS/c1-9-5-11-13(16-7-9)18(14(20)17-11)8-10-3-4-15-12(6-10)19-2/h3-7H,8H2,1-2H3,(H,17,20). The Labute approximate surface area is 121 Å². The maximum absolute atomic E-state index is 5.38. The van der Waals surface area contributed by atoms with E-state index in [0.29, 0.717) is 17.2 Å². The van der Waals surface area contributed by atoms with Crippen molar-refractivity contribution in [2.24, 2.45) is 0 Å². The summed E-state index contributed by atoms with van der Waals surface area (Å²) in [6.07, 6.45) is 3.57. The van der Waals surface area contributed by atoms with E-state index in [-0.39, 0.29) is 0 Å². The van der Waals surface area contributed by atoms with Gasteiger partial charge < -0.3 is 9.72 Å². The van der Waals surface area contributed by atoms with Crippen molar-refractivity contribution in [2.45, 2.75) is 13.5 Å². The summed E-state index contributed by atoms with van der Waals surface area (Å²) >= 11 is 5.38. The van der Waals surface area contributed by atoms with Crippen molar-refractivity contribution in [3.8, 4) is 5.88 Å². The molecule has 0 aliphatic heterocycles. The molecule has 0 saturated heterocycles. The number of aryl methyl sites for hydroxylation is 1. The van der Waals surface area contributed by atoms with Crippen LogP contribution < -0.4 is 4.74 Å². The number of H-pyrrole nitrogens is 1. The molecular formula is C14H14N4OS. The molecule has 5 nitrogen and oxygen atoms in total. The van der Waals surface area contributed by atoms with Gasteiger partial charge in [0.25, 0.3) is 0 Å². The van der Waals surface area contributed by atoms with Gasteiger partial charge in [0, 0.05) is 18.5 Å². The average molecular weight is 286 g/mol. The third-order valence-electron chi connectivity index (χ3n) is 3.09. The molecule has 0 radical (unpaired) electrons. The minimum absolute atomic E-state index is 0.595. The maximum atomic E-state index is 5.38. The highest BCUT2D eigenvalue weighted by Gasteiger charge is 2.07. The van der Waals surface area contributed by atoms with Crippen LogP contribution in [0.25, 0.3) is 11.2 Å². The zero-order valence-electron chi connectivity index (χ0n) is 11.3. The van der Waals surface area contributed by atoms with Crippen LogP contribution in [0.2, 0.25) is 0 Å². The number of aromatic amines is 1. The number of nitrogens with zero attached hydrogens (tertiary/aromatic N) is 3. The summed E-state index contributed by atoms with van der Waals surface area (Å²) in [6, 6.07) is 5.88. The molecule has 0 unspecified atom stereocenters. The Morgan fingerprint density at radius 1 is 1.35 bits per heavy atom. The largest absolute Gasteiger partial charge is 0.481 e. The van der Waals surface area contributed by atoms with Gasteiger partial charge in [0.2, 0.25) is 5.88 Å². The molecule has 0 spiro atoms. The summed E-state index contributed by atoms with van der Waals surface area (Å²) in [5, 5.41) is 0. The molecule has 0 amide bonds. The van der Waals surface area contributed by atoms with Gasteiger partial charge in [-0.3, -0.25) is 4.57 Å². The minimum atomic E-state index is 0.595. The van der Waals surface area contributed by atoms with Crippen LogP contribution in [-0.2, 0) is 6.54 Å². The fourth-order valence-electron chi connectivity index (χ4n) is 2.14. The summed E-state index contributed by atoms with van der Waals surface area (Å²) in [5.74, 6) is 0.595. The van der Waals surface area contributed by atoms with Crippen molar-refractivity contribution in [1.82, 2.24) is 19.5 Å². The van der Waals surface area contributed by atoms with E-state index >= 15 is 0 Å². The van der Waals surface area contributed by atoms with Crippen molar-refractivity contribution in [2.75, 3.05) is 7.11 Å². The Morgan fingerprint density at radius 3 is 3.00 bits per heavy atom. The topological polar surface area (TPSA) is 55.7 Å². The molecule has 3 heterocycles. The van der Waals surface area contributed by atoms with Crippen molar-refractivity contribution >= 4 is 23.4 Å². The van der Waals surface area contributed by atoms with Gasteiger partial charge in [-0.05, 0) is 42.4 Å². The quantitative estimate of drug-likeness (QED) is 0.752. The van der Waals surface area contributed by atoms with Gasteiger partial charge >= 0.3 is 0 Å². The summed E-state index contributed by atoms with van der Waals surface area (Å²) in [4.78, 5) is 11.7. The third-order valence-corrected chi connectivity index (χ3v) is 3.42. The Kier molecular flexibility index (Phi) is 3.23. The van der Waals surface area contributed by atoms with Gasteiger partial charge in [0.05, 0.1) is 19.2 Å². The average Bonchev–Trinajstić information content (AvgIpc) is 2.74. The summed E-state index contributed by atoms with van der Waals surface area (Å²) in [7, 11) is 1.60. The van der Waals surface area contributed by atoms with Crippen LogP contribution in [0.3, 0.4) is 0 Å². The first-order valence-electron chi connectivity index (χ1n) is 6.21. The van der Waals surface area contributed by atoms with Gasteiger partial charge in [0.15, 0.2) is 10.4 Å². The smallest absolute Gasteiger partial charge is 0.213 e. The van der Waals surface area contributed by atoms with E-state index in [1.165, 1.54) is 0 Å². The Bertz CT molecular complexity index is 821. The molecule has 0 atom stereocenters. The summed E-state index contributed by atoms with van der Waals surface area (Å²) in [6.45, 7) is 2.64. The third kappa shape index (κ3) is 2.30. The number of hydrogen-bond acceptors (Lipinski definition) is 4. The maximum Gasteiger partial charge on any atom is 0.213 e. The van der Waals surface area contributed by atoms with Crippen LogP contribution in [0, 0.1) is 11.7 Å². The predicted molar refractivity (Wildman–Crippen MR) is 79.5 cm³/mol. The van der Waals surface area contributed by atoms with Crippen molar-refractivity contribution in [1.29, 1.82) is 0 Å². The van der Waals surface area contributed by atoms with Gasteiger partial charge in [-0.15, -0.1) is 0 Å². The molecule has 3 aromatic heterocycles. The first-order valence-corrected chi connectivity index (χ1v) is 6.62. The molecule has 0 aliphatic carbocycles. The molecular weight excluding hydrogens is 272 g/mol. The second-order valence-corrected chi connectivity index (χ2v) is 4.99. The molecule has 20 heavy (non-hydrogen) atoms. The molecule has 102 valence electrons. The van der Waals surface area contributed by atoms with Crippen LogP contribution in [0.15, 0.2) is 30.6 Å². The molecule has 0 saturated carbocycles. The fraction of sp³-hybridized carbons (Fsp3) is 0.214. The molecule has 6 heteroatoms. The normalized spacial score (nSPS) is 10.9. The van der Waals surface area contributed by atoms with Crippen LogP contribution in [0.1, 0.15) is 11.1 Å². The lowest BCUT2D eigenvalue weighted by Gasteiger charge is -2.05. The summed E-state index contributed by atoms with van der Waals surface area (Å²) < 4.78 is 7.77. The SMILES string of the molecule is COc1cc(Cn2c(=S)[nH]c3cc(C)cnc32)ccn1. The molecule has 3 rings (SSSR count).